The molecule has 2 heteroatoms. The Bertz CT molecular complexity index is 754. The first-order chi connectivity index (χ1) is 10.1. The largest absolute Gasteiger partial charge is 0.324 e. The normalized spacial score (nSPS) is 12.5. The fraction of sp³-hybridized carbons (Fsp3) is 0.158. The van der Waals surface area contributed by atoms with Gasteiger partial charge in [0.2, 0.25) is 0 Å². The van der Waals surface area contributed by atoms with Gasteiger partial charge in [0.05, 0.1) is 0 Å². The Hall–Kier alpha value is -1.83. The highest BCUT2D eigenvalue weighted by atomic mass is 35.5. The van der Waals surface area contributed by atoms with Crippen LogP contribution < -0.4 is 5.73 Å². The maximum atomic E-state index is 6.40. The van der Waals surface area contributed by atoms with E-state index >= 15 is 0 Å². The second kappa shape index (κ2) is 5.88. The van der Waals surface area contributed by atoms with Gasteiger partial charge in [-0.3, -0.25) is 0 Å². The zero-order valence-electron chi connectivity index (χ0n) is 12.0. The maximum absolute atomic E-state index is 6.40. The fourth-order valence-corrected chi connectivity index (χ4v) is 3.10. The van der Waals surface area contributed by atoms with Gasteiger partial charge in [-0.15, -0.1) is 0 Å². The van der Waals surface area contributed by atoms with Gasteiger partial charge in [-0.25, -0.2) is 0 Å². The van der Waals surface area contributed by atoms with E-state index in [-0.39, 0.29) is 6.04 Å². The van der Waals surface area contributed by atoms with E-state index in [0.717, 1.165) is 22.6 Å². The Kier molecular flexibility index (Phi) is 3.96. The van der Waals surface area contributed by atoms with Crippen molar-refractivity contribution in [3.05, 3.63) is 82.4 Å². The second-order valence-electron chi connectivity index (χ2n) is 5.51. The summed E-state index contributed by atoms with van der Waals surface area (Å²) in [4.78, 5) is 0. The van der Waals surface area contributed by atoms with E-state index in [1.165, 1.54) is 16.3 Å². The Morgan fingerprint density at radius 1 is 1.00 bits per heavy atom. The Morgan fingerprint density at radius 2 is 1.76 bits per heavy atom. The lowest BCUT2D eigenvalue weighted by Crippen LogP contribution is -2.13. The lowest BCUT2D eigenvalue weighted by atomic mass is 9.95. The van der Waals surface area contributed by atoms with Crippen LogP contribution in [0.2, 0.25) is 5.02 Å². The van der Waals surface area contributed by atoms with Crippen molar-refractivity contribution >= 4 is 22.4 Å². The van der Waals surface area contributed by atoms with E-state index in [9.17, 15) is 0 Å². The first kappa shape index (κ1) is 14.1. The van der Waals surface area contributed by atoms with Crippen LogP contribution in [0.25, 0.3) is 10.8 Å². The highest BCUT2D eigenvalue weighted by molar-refractivity contribution is 6.30. The zero-order chi connectivity index (χ0) is 14.8. The molecule has 1 unspecified atom stereocenters. The molecule has 0 aliphatic rings. The summed E-state index contributed by atoms with van der Waals surface area (Å²) in [5.74, 6) is 0. The van der Waals surface area contributed by atoms with Gasteiger partial charge in [0.1, 0.15) is 0 Å². The van der Waals surface area contributed by atoms with Gasteiger partial charge in [-0.1, -0.05) is 60.1 Å². The Balaban J connectivity index is 1.94. The molecule has 0 amide bonds. The van der Waals surface area contributed by atoms with Crippen LogP contribution in [0.1, 0.15) is 22.7 Å². The summed E-state index contributed by atoms with van der Waals surface area (Å²) in [6, 6.07) is 20.8. The molecule has 0 aliphatic heterocycles. The minimum absolute atomic E-state index is 0.0480. The quantitative estimate of drug-likeness (QED) is 0.719. The first-order valence-electron chi connectivity index (χ1n) is 7.13. The molecule has 21 heavy (non-hydrogen) atoms. The predicted octanol–water partition coefficient (Wildman–Crippen LogP) is 5.04. The number of aryl methyl sites for hydroxylation is 1. The summed E-state index contributed by atoms with van der Waals surface area (Å²) in [5.41, 5.74) is 9.91. The van der Waals surface area contributed by atoms with Crippen molar-refractivity contribution in [1.29, 1.82) is 0 Å². The molecule has 3 rings (SSSR count). The third kappa shape index (κ3) is 3.10. The molecule has 1 nitrogen and oxygen atoms in total. The molecule has 3 aromatic rings. The molecule has 3 aromatic carbocycles. The molecule has 1 atom stereocenters. The number of halogens is 1. The minimum atomic E-state index is -0.0480. The van der Waals surface area contributed by atoms with E-state index in [1.807, 2.05) is 19.1 Å². The number of fused-ring (bicyclic) bond motifs is 1. The summed E-state index contributed by atoms with van der Waals surface area (Å²) in [6.45, 7) is 2.04. The lowest BCUT2D eigenvalue weighted by Gasteiger charge is -2.15. The molecule has 2 N–H and O–H groups in total. The minimum Gasteiger partial charge on any atom is -0.324 e. The van der Waals surface area contributed by atoms with Crippen LogP contribution in [0, 0.1) is 6.92 Å². The fourth-order valence-electron chi connectivity index (χ4n) is 2.80. The molecular formula is C19H18ClN. The van der Waals surface area contributed by atoms with E-state index in [2.05, 4.69) is 48.5 Å². The Morgan fingerprint density at radius 3 is 2.57 bits per heavy atom. The van der Waals surface area contributed by atoms with Crippen molar-refractivity contribution in [2.75, 3.05) is 0 Å². The van der Waals surface area contributed by atoms with Crippen LogP contribution in [0.3, 0.4) is 0 Å². The van der Waals surface area contributed by atoms with Crippen LogP contribution in [0.15, 0.2) is 60.7 Å². The van der Waals surface area contributed by atoms with E-state index in [0.29, 0.717) is 0 Å². The Labute approximate surface area is 130 Å². The van der Waals surface area contributed by atoms with Crippen LogP contribution in [-0.4, -0.2) is 0 Å². The zero-order valence-corrected chi connectivity index (χ0v) is 12.8. The number of hydrogen-bond acceptors (Lipinski definition) is 1. The van der Waals surface area contributed by atoms with Gasteiger partial charge in [0.25, 0.3) is 0 Å². The van der Waals surface area contributed by atoms with Crippen molar-refractivity contribution < 1.29 is 0 Å². The molecule has 0 saturated carbocycles. The van der Waals surface area contributed by atoms with Gasteiger partial charge >= 0.3 is 0 Å². The monoisotopic (exact) mass is 295 g/mol. The molecule has 0 bridgehead atoms. The van der Waals surface area contributed by atoms with Gasteiger partial charge in [-0.2, -0.15) is 0 Å². The molecule has 106 valence electrons. The molecule has 0 aromatic heterocycles. The van der Waals surface area contributed by atoms with Crippen LogP contribution in [0.4, 0.5) is 0 Å². The molecule has 0 radical (unpaired) electrons. The van der Waals surface area contributed by atoms with Gasteiger partial charge in [-0.05, 0) is 52.9 Å². The predicted molar refractivity (Wildman–Crippen MR) is 90.8 cm³/mol. The molecular weight excluding hydrogens is 278 g/mol. The molecule has 0 fully saturated rings. The highest BCUT2D eigenvalue weighted by Gasteiger charge is 2.10. The third-order valence-corrected chi connectivity index (χ3v) is 4.03. The first-order valence-corrected chi connectivity index (χ1v) is 7.50. The maximum Gasteiger partial charge on any atom is 0.0411 e. The molecule has 0 aliphatic carbocycles. The summed E-state index contributed by atoms with van der Waals surface area (Å²) in [7, 11) is 0. The van der Waals surface area contributed by atoms with Gasteiger partial charge in [0.15, 0.2) is 0 Å². The lowest BCUT2D eigenvalue weighted by molar-refractivity contribution is 0.725. The SMILES string of the molecule is Cc1cc(Cl)cc(C(N)Cc2cccc3ccccc23)c1. The summed E-state index contributed by atoms with van der Waals surface area (Å²) in [5, 5.41) is 3.28. The van der Waals surface area contributed by atoms with Crippen molar-refractivity contribution in [3.63, 3.8) is 0 Å². The van der Waals surface area contributed by atoms with E-state index < -0.39 is 0 Å². The number of rotatable bonds is 3. The summed E-state index contributed by atoms with van der Waals surface area (Å²) in [6.07, 6.45) is 0.807. The van der Waals surface area contributed by atoms with E-state index in [1.54, 1.807) is 0 Å². The topological polar surface area (TPSA) is 26.0 Å². The van der Waals surface area contributed by atoms with Crippen molar-refractivity contribution in [2.45, 2.75) is 19.4 Å². The average Bonchev–Trinajstić information content (AvgIpc) is 2.46. The van der Waals surface area contributed by atoms with Crippen LogP contribution in [-0.2, 0) is 6.42 Å². The number of nitrogens with two attached hydrogens (primary N) is 1. The molecule has 0 heterocycles. The van der Waals surface area contributed by atoms with Crippen molar-refractivity contribution in [3.8, 4) is 0 Å². The van der Waals surface area contributed by atoms with Crippen LogP contribution >= 0.6 is 11.6 Å². The number of hydrogen-bond donors (Lipinski definition) is 1. The smallest absolute Gasteiger partial charge is 0.0411 e. The second-order valence-corrected chi connectivity index (χ2v) is 5.95. The highest BCUT2D eigenvalue weighted by Crippen LogP contribution is 2.25. The average molecular weight is 296 g/mol. The molecule has 0 saturated heterocycles. The van der Waals surface area contributed by atoms with Crippen molar-refractivity contribution in [2.24, 2.45) is 5.73 Å². The van der Waals surface area contributed by atoms with Crippen LogP contribution in [0.5, 0.6) is 0 Å². The number of benzene rings is 3. The van der Waals surface area contributed by atoms with Gasteiger partial charge in [0, 0.05) is 11.1 Å². The summed E-state index contributed by atoms with van der Waals surface area (Å²) >= 11 is 6.14. The third-order valence-electron chi connectivity index (χ3n) is 3.81. The summed E-state index contributed by atoms with van der Waals surface area (Å²) < 4.78 is 0. The van der Waals surface area contributed by atoms with Gasteiger partial charge < -0.3 is 5.73 Å². The van der Waals surface area contributed by atoms with E-state index in [4.69, 9.17) is 17.3 Å². The van der Waals surface area contributed by atoms with Crippen molar-refractivity contribution in [1.82, 2.24) is 0 Å². The standard InChI is InChI=1S/C19H18ClN/c1-13-9-16(11-17(20)10-13)19(21)12-15-7-4-6-14-5-2-3-8-18(14)15/h2-11,19H,12,21H2,1H3. The molecule has 0 spiro atoms.